The van der Waals surface area contributed by atoms with Gasteiger partial charge in [-0.1, -0.05) is 0 Å². The molecule has 23 heavy (non-hydrogen) atoms. The maximum atomic E-state index is 13.1. The van der Waals surface area contributed by atoms with Crippen molar-refractivity contribution in [2.45, 2.75) is 6.54 Å². The van der Waals surface area contributed by atoms with Crippen LogP contribution in [0, 0.1) is 5.82 Å². The predicted octanol–water partition coefficient (Wildman–Crippen LogP) is 2.13. The van der Waals surface area contributed by atoms with E-state index in [1.807, 2.05) is 0 Å². The van der Waals surface area contributed by atoms with Crippen molar-refractivity contribution in [3.8, 4) is 11.5 Å². The fraction of sp³-hybridized carbons (Fsp3) is 0.125. The lowest BCUT2D eigenvalue weighted by atomic mass is 10.2. The molecule has 0 saturated heterocycles. The Bertz CT molecular complexity index is 907. The van der Waals surface area contributed by atoms with Gasteiger partial charge < -0.3 is 19.2 Å². The minimum absolute atomic E-state index is 0.165. The molecule has 4 rings (SSSR count). The maximum Gasteiger partial charge on any atom is 0.251 e. The Balaban J connectivity index is 1.48. The number of aromatic nitrogens is 2. The summed E-state index contributed by atoms with van der Waals surface area (Å²) in [4.78, 5) is 16.5. The molecule has 7 heteroatoms. The average Bonchev–Trinajstić information content (AvgIpc) is 3.17. The van der Waals surface area contributed by atoms with Crippen LogP contribution in [0.5, 0.6) is 11.5 Å². The van der Waals surface area contributed by atoms with E-state index in [-0.39, 0.29) is 25.1 Å². The van der Waals surface area contributed by atoms with Crippen LogP contribution in [-0.4, -0.2) is 22.1 Å². The van der Waals surface area contributed by atoms with Gasteiger partial charge in [-0.3, -0.25) is 4.79 Å². The number of carbonyl (C=O) groups excluding carboxylic acids is 1. The van der Waals surface area contributed by atoms with Gasteiger partial charge in [-0.05, 0) is 30.3 Å². The third-order valence-corrected chi connectivity index (χ3v) is 3.53. The monoisotopic (exact) mass is 313 g/mol. The number of halogens is 1. The fourth-order valence-electron chi connectivity index (χ4n) is 2.41. The lowest BCUT2D eigenvalue weighted by Gasteiger charge is -2.04. The molecule has 0 fully saturated rings. The Morgan fingerprint density at radius 1 is 1.22 bits per heavy atom. The van der Waals surface area contributed by atoms with Crippen molar-refractivity contribution in [2.24, 2.45) is 0 Å². The van der Waals surface area contributed by atoms with Crippen molar-refractivity contribution in [3.63, 3.8) is 0 Å². The Morgan fingerprint density at radius 2 is 2.09 bits per heavy atom. The van der Waals surface area contributed by atoms with E-state index < -0.39 is 0 Å². The minimum Gasteiger partial charge on any atom is -0.454 e. The van der Waals surface area contributed by atoms with Crippen LogP contribution in [0.1, 0.15) is 16.1 Å². The van der Waals surface area contributed by atoms with E-state index in [0.29, 0.717) is 28.4 Å². The van der Waals surface area contributed by atoms with Gasteiger partial charge in [0.25, 0.3) is 5.91 Å². The second-order valence-corrected chi connectivity index (χ2v) is 5.10. The number of benzene rings is 1. The molecular weight excluding hydrogens is 301 g/mol. The van der Waals surface area contributed by atoms with Gasteiger partial charge >= 0.3 is 0 Å². The zero-order chi connectivity index (χ0) is 15.8. The van der Waals surface area contributed by atoms with Crippen molar-refractivity contribution >= 4 is 11.6 Å². The molecule has 0 unspecified atom stereocenters. The maximum absolute atomic E-state index is 13.1. The zero-order valence-electron chi connectivity index (χ0n) is 12.0. The first-order chi connectivity index (χ1) is 11.2. The van der Waals surface area contributed by atoms with Crippen LogP contribution in [0.15, 0.2) is 42.7 Å². The second-order valence-electron chi connectivity index (χ2n) is 5.10. The summed E-state index contributed by atoms with van der Waals surface area (Å²) in [5, 5.41) is 2.78. The highest BCUT2D eigenvalue weighted by atomic mass is 19.1. The van der Waals surface area contributed by atoms with Crippen LogP contribution < -0.4 is 14.8 Å². The minimum atomic E-state index is -0.342. The van der Waals surface area contributed by atoms with Crippen LogP contribution in [-0.2, 0) is 6.54 Å². The number of nitrogens with zero attached hydrogens (tertiary/aromatic N) is 2. The molecule has 0 spiro atoms. The summed E-state index contributed by atoms with van der Waals surface area (Å²) in [6.07, 6.45) is 3.02. The van der Waals surface area contributed by atoms with Gasteiger partial charge in [-0.2, -0.15) is 0 Å². The molecule has 0 radical (unpaired) electrons. The van der Waals surface area contributed by atoms with Gasteiger partial charge in [0, 0.05) is 18.0 Å². The summed E-state index contributed by atoms with van der Waals surface area (Å²) in [7, 11) is 0. The number of hydrogen-bond acceptors (Lipinski definition) is 4. The van der Waals surface area contributed by atoms with Crippen LogP contribution in [0.3, 0.4) is 0 Å². The molecule has 1 aromatic carbocycles. The van der Waals surface area contributed by atoms with Gasteiger partial charge in [0.15, 0.2) is 11.5 Å². The van der Waals surface area contributed by atoms with Crippen molar-refractivity contribution in [2.75, 3.05) is 6.79 Å². The molecule has 0 saturated carbocycles. The quantitative estimate of drug-likeness (QED) is 0.804. The van der Waals surface area contributed by atoms with Crippen molar-refractivity contribution in [3.05, 3.63) is 59.8 Å². The molecule has 6 nitrogen and oxygen atoms in total. The topological polar surface area (TPSA) is 64.9 Å². The first kappa shape index (κ1) is 13.6. The van der Waals surface area contributed by atoms with Gasteiger partial charge in [0.1, 0.15) is 11.5 Å². The first-order valence-corrected chi connectivity index (χ1v) is 7.00. The van der Waals surface area contributed by atoms with Crippen molar-refractivity contribution < 1.29 is 18.7 Å². The Kier molecular flexibility index (Phi) is 3.11. The van der Waals surface area contributed by atoms with Gasteiger partial charge in [0.2, 0.25) is 6.79 Å². The molecule has 2 aromatic heterocycles. The van der Waals surface area contributed by atoms with E-state index in [4.69, 9.17) is 9.47 Å². The smallest absolute Gasteiger partial charge is 0.251 e. The number of rotatable bonds is 3. The lowest BCUT2D eigenvalue weighted by molar-refractivity contribution is 0.0950. The molecule has 0 aliphatic carbocycles. The van der Waals surface area contributed by atoms with Gasteiger partial charge in [-0.15, -0.1) is 0 Å². The van der Waals surface area contributed by atoms with E-state index in [2.05, 4.69) is 10.3 Å². The van der Waals surface area contributed by atoms with Crippen molar-refractivity contribution in [1.82, 2.24) is 14.7 Å². The number of ether oxygens (including phenoxy) is 2. The molecule has 3 heterocycles. The summed E-state index contributed by atoms with van der Waals surface area (Å²) in [5.41, 5.74) is 1.74. The molecule has 3 aromatic rings. The second kappa shape index (κ2) is 5.28. The highest BCUT2D eigenvalue weighted by molar-refractivity contribution is 5.94. The Hall–Kier alpha value is -3.09. The molecular formula is C16H12FN3O3. The van der Waals surface area contributed by atoms with E-state index in [1.54, 1.807) is 34.9 Å². The Morgan fingerprint density at radius 3 is 3.00 bits per heavy atom. The number of amides is 1. The number of fused-ring (bicyclic) bond motifs is 2. The summed E-state index contributed by atoms with van der Waals surface area (Å²) in [6.45, 7) is 0.411. The number of carbonyl (C=O) groups is 1. The summed E-state index contributed by atoms with van der Waals surface area (Å²) >= 11 is 0. The van der Waals surface area contributed by atoms with E-state index >= 15 is 0 Å². The SMILES string of the molecule is O=C(NCc1cn2cc(F)ccc2n1)c1ccc2c(c1)OCO2. The predicted molar refractivity (Wildman–Crippen MR) is 78.9 cm³/mol. The van der Waals surface area contributed by atoms with Crippen LogP contribution in [0.25, 0.3) is 5.65 Å². The van der Waals surface area contributed by atoms with Crippen LogP contribution in [0.2, 0.25) is 0 Å². The number of nitrogens with one attached hydrogen (secondary N) is 1. The zero-order valence-corrected chi connectivity index (χ0v) is 12.0. The normalized spacial score (nSPS) is 12.6. The first-order valence-electron chi connectivity index (χ1n) is 7.00. The molecule has 0 atom stereocenters. The van der Waals surface area contributed by atoms with Gasteiger partial charge in [0.05, 0.1) is 12.2 Å². The lowest BCUT2D eigenvalue weighted by Crippen LogP contribution is -2.22. The summed E-state index contributed by atoms with van der Waals surface area (Å²) in [5.74, 6) is 0.599. The van der Waals surface area contributed by atoms with Crippen LogP contribution in [0.4, 0.5) is 4.39 Å². The van der Waals surface area contributed by atoms with E-state index in [1.165, 1.54) is 12.3 Å². The molecule has 1 N–H and O–H groups in total. The highest BCUT2D eigenvalue weighted by Gasteiger charge is 2.16. The van der Waals surface area contributed by atoms with Crippen molar-refractivity contribution in [1.29, 1.82) is 0 Å². The van der Waals surface area contributed by atoms with E-state index in [0.717, 1.165) is 0 Å². The molecule has 0 bridgehead atoms. The molecule has 1 aliphatic heterocycles. The average molecular weight is 313 g/mol. The van der Waals surface area contributed by atoms with Crippen LogP contribution >= 0.6 is 0 Å². The van der Waals surface area contributed by atoms with E-state index in [9.17, 15) is 9.18 Å². The number of imidazole rings is 1. The molecule has 116 valence electrons. The summed E-state index contributed by atoms with van der Waals surface area (Å²) in [6, 6.07) is 7.93. The summed E-state index contributed by atoms with van der Waals surface area (Å²) < 4.78 is 25.2. The fourth-order valence-corrected chi connectivity index (χ4v) is 2.41. The Labute approximate surface area is 130 Å². The largest absolute Gasteiger partial charge is 0.454 e. The standard InChI is InChI=1S/C16H12FN3O3/c17-11-2-4-15-19-12(8-20(15)7-11)6-18-16(21)10-1-3-13-14(5-10)23-9-22-13/h1-5,7-8H,6,9H2,(H,18,21). The highest BCUT2D eigenvalue weighted by Crippen LogP contribution is 2.32. The number of pyridine rings is 1. The van der Waals surface area contributed by atoms with Gasteiger partial charge in [-0.25, -0.2) is 9.37 Å². The molecule has 1 aliphatic rings. The third kappa shape index (κ3) is 2.57. The molecule has 1 amide bonds. The number of hydrogen-bond donors (Lipinski definition) is 1. The third-order valence-electron chi connectivity index (χ3n) is 3.53.